The van der Waals surface area contributed by atoms with Gasteiger partial charge in [-0.05, 0) is 81.3 Å². The number of fused-ring (bicyclic) bond motifs is 1. The molecule has 0 amide bonds. The van der Waals surface area contributed by atoms with Gasteiger partial charge < -0.3 is 19.7 Å². The zero-order valence-corrected chi connectivity index (χ0v) is 19.7. The fraction of sp³-hybridized carbons (Fsp3) is 0.458. The first-order chi connectivity index (χ1) is 14.3. The van der Waals surface area contributed by atoms with E-state index < -0.39 is 6.10 Å². The smallest absolute Gasteiger partial charge is 0.147 e. The summed E-state index contributed by atoms with van der Waals surface area (Å²) in [7, 11) is 0. The molecule has 3 aromatic rings. The van der Waals surface area contributed by atoms with E-state index in [-0.39, 0.29) is 12.5 Å². The molecule has 1 saturated heterocycles. The van der Waals surface area contributed by atoms with Gasteiger partial charge in [-0.15, -0.1) is 0 Å². The number of hydrogen-bond acceptors (Lipinski definition) is 4. The first kappa shape index (κ1) is 21.3. The largest absolute Gasteiger partial charge is 0.394 e. The van der Waals surface area contributed by atoms with Crippen molar-refractivity contribution in [1.29, 1.82) is 0 Å². The van der Waals surface area contributed by atoms with Gasteiger partial charge >= 0.3 is 0 Å². The molecule has 1 unspecified atom stereocenters. The van der Waals surface area contributed by atoms with Crippen molar-refractivity contribution in [2.24, 2.45) is 5.92 Å². The van der Waals surface area contributed by atoms with Crippen LogP contribution in [-0.2, 0) is 0 Å². The molecule has 1 aliphatic rings. The third kappa shape index (κ3) is 3.77. The van der Waals surface area contributed by atoms with E-state index in [9.17, 15) is 10.2 Å². The molecule has 5 nitrogen and oxygen atoms in total. The van der Waals surface area contributed by atoms with E-state index >= 15 is 0 Å². The van der Waals surface area contributed by atoms with Crippen molar-refractivity contribution >= 4 is 32.7 Å². The minimum absolute atomic E-state index is 0.156. The Labute approximate surface area is 186 Å². The number of aliphatic hydroxyl groups is 2. The number of pyridine rings is 1. The number of rotatable bonds is 4. The Morgan fingerprint density at radius 2 is 1.70 bits per heavy atom. The Hall–Kier alpha value is -1.89. The second-order valence-electron chi connectivity index (χ2n) is 8.63. The van der Waals surface area contributed by atoms with Crippen LogP contribution in [0.15, 0.2) is 28.9 Å². The summed E-state index contributed by atoms with van der Waals surface area (Å²) in [4.78, 5) is 7.35. The van der Waals surface area contributed by atoms with Gasteiger partial charge in [-0.2, -0.15) is 0 Å². The molecule has 1 aliphatic heterocycles. The predicted octanol–water partition coefficient (Wildman–Crippen LogP) is 4.59. The van der Waals surface area contributed by atoms with E-state index in [0.29, 0.717) is 0 Å². The molecule has 0 saturated carbocycles. The molecule has 0 bridgehead atoms. The lowest BCUT2D eigenvalue weighted by atomic mass is 9.91. The fourth-order valence-electron chi connectivity index (χ4n) is 4.89. The summed E-state index contributed by atoms with van der Waals surface area (Å²) in [5, 5.41) is 20.5. The quantitative estimate of drug-likeness (QED) is 0.583. The number of halogens is 1. The standard InChI is InChI=1S/C24H30BrN3O2/c1-14-9-19(25)10-15(2)23(14)28-12-16(3)22-20(11-17(4)26-24(22)28)27-7-5-18(6-8-27)21(30)13-29/h9-12,18,21,29-30H,5-8,13H2,1-4H3. The average molecular weight is 472 g/mol. The Morgan fingerprint density at radius 3 is 2.30 bits per heavy atom. The highest BCUT2D eigenvalue weighted by Gasteiger charge is 2.27. The van der Waals surface area contributed by atoms with E-state index in [1.165, 1.54) is 33.5 Å². The van der Waals surface area contributed by atoms with Gasteiger partial charge in [0.05, 0.1) is 18.4 Å². The van der Waals surface area contributed by atoms with Gasteiger partial charge in [-0.25, -0.2) is 4.98 Å². The molecule has 1 aromatic carbocycles. The maximum Gasteiger partial charge on any atom is 0.147 e. The Kier molecular flexibility index (Phi) is 5.93. The highest BCUT2D eigenvalue weighted by atomic mass is 79.9. The van der Waals surface area contributed by atoms with Crippen molar-refractivity contribution in [3.05, 3.63) is 51.3 Å². The summed E-state index contributed by atoms with van der Waals surface area (Å²) in [5.41, 5.74) is 8.04. The molecule has 1 fully saturated rings. The Morgan fingerprint density at radius 1 is 1.07 bits per heavy atom. The number of anilines is 1. The van der Waals surface area contributed by atoms with E-state index in [2.05, 4.69) is 77.5 Å². The number of nitrogens with zero attached hydrogens (tertiary/aromatic N) is 3. The summed E-state index contributed by atoms with van der Waals surface area (Å²) in [6.07, 6.45) is 3.36. The third-order valence-corrected chi connectivity index (χ3v) is 6.82. The van der Waals surface area contributed by atoms with Crippen LogP contribution in [0.5, 0.6) is 0 Å². The van der Waals surface area contributed by atoms with Crippen LogP contribution < -0.4 is 4.90 Å². The molecule has 2 aromatic heterocycles. The molecule has 0 radical (unpaired) electrons. The highest BCUT2D eigenvalue weighted by molar-refractivity contribution is 9.10. The first-order valence-corrected chi connectivity index (χ1v) is 11.4. The zero-order chi connectivity index (χ0) is 21.6. The van der Waals surface area contributed by atoms with Gasteiger partial charge in [0.15, 0.2) is 0 Å². The molecular weight excluding hydrogens is 442 g/mol. The van der Waals surface area contributed by atoms with Crippen LogP contribution in [0.3, 0.4) is 0 Å². The van der Waals surface area contributed by atoms with Crippen molar-refractivity contribution in [2.45, 2.75) is 46.6 Å². The second-order valence-corrected chi connectivity index (χ2v) is 9.54. The van der Waals surface area contributed by atoms with Gasteiger partial charge in [0.1, 0.15) is 5.65 Å². The number of aromatic nitrogens is 2. The highest BCUT2D eigenvalue weighted by Crippen LogP contribution is 2.36. The third-order valence-electron chi connectivity index (χ3n) is 6.36. The minimum Gasteiger partial charge on any atom is -0.394 e. The summed E-state index contributed by atoms with van der Waals surface area (Å²) in [6, 6.07) is 6.48. The number of aliphatic hydroxyl groups excluding tert-OH is 2. The van der Waals surface area contributed by atoms with Crippen molar-refractivity contribution in [1.82, 2.24) is 9.55 Å². The van der Waals surface area contributed by atoms with Crippen molar-refractivity contribution in [3.63, 3.8) is 0 Å². The lowest BCUT2D eigenvalue weighted by Gasteiger charge is -2.35. The monoisotopic (exact) mass is 471 g/mol. The number of piperidine rings is 1. The number of hydrogen-bond donors (Lipinski definition) is 2. The van der Waals surface area contributed by atoms with Crippen LogP contribution in [0.2, 0.25) is 0 Å². The van der Waals surface area contributed by atoms with E-state index in [4.69, 9.17) is 4.98 Å². The lowest BCUT2D eigenvalue weighted by Crippen LogP contribution is -2.39. The molecule has 2 N–H and O–H groups in total. The number of aryl methyl sites for hydroxylation is 4. The second kappa shape index (κ2) is 8.33. The molecule has 1 atom stereocenters. The molecule has 30 heavy (non-hydrogen) atoms. The van der Waals surface area contributed by atoms with Crippen molar-refractivity contribution in [3.8, 4) is 5.69 Å². The van der Waals surface area contributed by atoms with E-state index in [1.807, 2.05) is 0 Å². The van der Waals surface area contributed by atoms with Gasteiger partial charge in [-0.3, -0.25) is 0 Å². The Balaban J connectivity index is 1.80. The molecule has 0 spiro atoms. The summed E-state index contributed by atoms with van der Waals surface area (Å²) in [5.74, 6) is 0.170. The first-order valence-electron chi connectivity index (χ1n) is 10.6. The van der Waals surface area contributed by atoms with Crippen LogP contribution in [0, 0.1) is 33.6 Å². The normalized spacial score (nSPS) is 16.4. The Bertz CT molecular complexity index is 1060. The minimum atomic E-state index is -0.613. The molecule has 160 valence electrons. The topological polar surface area (TPSA) is 61.5 Å². The van der Waals surface area contributed by atoms with Crippen LogP contribution in [0.4, 0.5) is 5.69 Å². The average Bonchev–Trinajstić information content (AvgIpc) is 3.02. The van der Waals surface area contributed by atoms with Gasteiger partial charge in [0, 0.05) is 40.5 Å². The van der Waals surface area contributed by atoms with Crippen LogP contribution in [0.25, 0.3) is 16.7 Å². The van der Waals surface area contributed by atoms with Crippen LogP contribution >= 0.6 is 15.9 Å². The zero-order valence-electron chi connectivity index (χ0n) is 18.1. The van der Waals surface area contributed by atoms with Crippen LogP contribution in [-0.4, -0.2) is 45.6 Å². The molecule has 3 heterocycles. The molecule has 0 aliphatic carbocycles. The van der Waals surface area contributed by atoms with E-state index in [0.717, 1.165) is 41.7 Å². The predicted molar refractivity (Wildman–Crippen MR) is 126 cm³/mol. The maximum atomic E-state index is 10.0. The SMILES string of the molecule is Cc1cc(N2CCC(C(O)CO)CC2)c2c(C)cn(-c3c(C)cc(Br)cc3C)c2n1. The van der Waals surface area contributed by atoms with Crippen molar-refractivity contribution < 1.29 is 10.2 Å². The maximum absolute atomic E-state index is 10.0. The fourth-order valence-corrected chi connectivity index (χ4v) is 5.58. The van der Waals surface area contributed by atoms with Gasteiger partial charge in [0.2, 0.25) is 0 Å². The number of benzene rings is 1. The molecule has 4 rings (SSSR count). The molecular formula is C24H30BrN3O2. The summed E-state index contributed by atoms with van der Waals surface area (Å²) in [6.45, 7) is 10.1. The summed E-state index contributed by atoms with van der Waals surface area (Å²) >= 11 is 3.61. The van der Waals surface area contributed by atoms with Gasteiger partial charge in [0.25, 0.3) is 0 Å². The summed E-state index contributed by atoms with van der Waals surface area (Å²) < 4.78 is 3.33. The molecule has 6 heteroatoms. The van der Waals surface area contributed by atoms with Crippen LogP contribution in [0.1, 0.15) is 35.2 Å². The van der Waals surface area contributed by atoms with E-state index in [1.54, 1.807) is 0 Å². The lowest BCUT2D eigenvalue weighted by molar-refractivity contribution is 0.0377. The van der Waals surface area contributed by atoms with Gasteiger partial charge in [-0.1, -0.05) is 15.9 Å². The van der Waals surface area contributed by atoms with Crippen molar-refractivity contribution in [2.75, 3.05) is 24.6 Å².